The third-order valence-corrected chi connectivity index (χ3v) is 11.9. The molecule has 1 aliphatic carbocycles. The van der Waals surface area contributed by atoms with Gasteiger partial charge in [0.15, 0.2) is 17.3 Å². The largest absolute Gasteiger partial charge is 0.508 e. The Bertz CT molecular complexity index is 2020. The van der Waals surface area contributed by atoms with Crippen LogP contribution in [0.15, 0.2) is 24.3 Å². The fraction of sp³-hybridized carbons (Fsp3) is 0.600. The van der Waals surface area contributed by atoms with Crippen molar-refractivity contribution in [2.24, 2.45) is 46.8 Å². The Labute approximate surface area is 387 Å². The maximum absolute atomic E-state index is 14.4. The lowest BCUT2D eigenvalue weighted by Crippen LogP contribution is -2.51. The van der Waals surface area contributed by atoms with Gasteiger partial charge in [-0.25, -0.2) is 0 Å². The molecule has 0 unspecified atom stereocenters. The number of benzene rings is 1. The fourth-order valence-electron chi connectivity index (χ4n) is 7.65. The summed E-state index contributed by atoms with van der Waals surface area (Å²) in [4.78, 5) is 160. The number of primary amides is 3. The average Bonchev–Trinajstić information content (AvgIpc) is 4.12. The average molecular weight is 941 g/mol. The quantitative estimate of drug-likeness (QED) is 0.0717. The SMILES string of the molecule is CC[C@H](C)[C@@H]1NC(=O)[C@H](Cc2ccc(O)cc2)CC(=O)CCC(=O)NC[C@@H](C(=O)N(CC(=O)C[C@@H](CO)C(=O)NCC(N)=O)C2CC2)CC(=O)[C@H](CC(N)=O)NC(=O)[C@H](CCC(N)=O)CC1=O. The number of aliphatic hydroxyl groups is 1. The first-order chi connectivity index (χ1) is 31.6. The van der Waals surface area contributed by atoms with Crippen molar-refractivity contribution >= 4 is 70.4 Å². The van der Waals surface area contributed by atoms with E-state index in [4.69, 9.17) is 17.2 Å². The molecule has 0 spiro atoms. The maximum Gasteiger partial charge on any atom is 0.236 e. The van der Waals surface area contributed by atoms with E-state index in [0.717, 1.165) is 0 Å². The van der Waals surface area contributed by atoms with Crippen LogP contribution in [0.5, 0.6) is 5.75 Å². The van der Waals surface area contributed by atoms with Crippen LogP contribution in [0, 0.1) is 29.6 Å². The summed E-state index contributed by atoms with van der Waals surface area (Å²) in [6.07, 6.45) is -3.12. The van der Waals surface area contributed by atoms with Gasteiger partial charge >= 0.3 is 0 Å². The van der Waals surface area contributed by atoms with Crippen molar-refractivity contribution in [2.75, 3.05) is 26.2 Å². The predicted molar refractivity (Wildman–Crippen MR) is 236 cm³/mol. The number of hydrogen-bond donors (Lipinski definition) is 9. The van der Waals surface area contributed by atoms with E-state index in [1.807, 2.05) is 0 Å². The number of aliphatic hydroxyl groups excluding tert-OH is 1. The normalized spacial score (nSPS) is 22.5. The number of phenols is 1. The van der Waals surface area contributed by atoms with Crippen molar-refractivity contribution in [3.8, 4) is 5.75 Å². The Kier molecular flexibility index (Phi) is 21.7. The molecule has 2 fully saturated rings. The molecule has 1 saturated heterocycles. The van der Waals surface area contributed by atoms with E-state index in [9.17, 15) is 67.7 Å². The van der Waals surface area contributed by atoms with Gasteiger partial charge in [-0.05, 0) is 49.3 Å². The van der Waals surface area contributed by atoms with Crippen LogP contribution in [0.25, 0.3) is 0 Å². The Morgan fingerprint density at radius 3 is 2.07 bits per heavy atom. The number of phenolic OH excluding ortho intramolecular Hbond substituents is 1. The third-order valence-electron chi connectivity index (χ3n) is 11.9. The molecule has 0 aromatic heterocycles. The molecule has 12 N–H and O–H groups in total. The second kappa shape index (κ2) is 26.5. The summed E-state index contributed by atoms with van der Waals surface area (Å²) in [6.45, 7) is 1.02. The van der Waals surface area contributed by atoms with E-state index in [2.05, 4.69) is 21.3 Å². The van der Waals surface area contributed by atoms with Gasteiger partial charge in [-0.1, -0.05) is 32.4 Å². The molecule has 1 heterocycles. The van der Waals surface area contributed by atoms with Crippen LogP contribution in [0.3, 0.4) is 0 Å². The van der Waals surface area contributed by atoms with Gasteiger partial charge in [0.05, 0.1) is 50.0 Å². The van der Waals surface area contributed by atoms with Crippen LogP contribution in [0.4, 0.5) is 0 Å². The lowest BCUT2D eigenvalue weighted by Gasteiger charge is -2.29. The monoisotopic (exact) mass is 940 g/mol. The van der Waals surface area contributed by atoms with E-state index in [0.29, 0.717) is 24.8 Å². The molecule has 22 heteroatoms. The van der Waals surface area contributed by atoms with E-state index in [-0.39, 0.29) is 37.9 Å². The minimum absolute atomic E-state index is 0.00265. The number of nitrogens with zero attached hydrogens (tertiary/aromatic N) is 1. The van der Waals surface area contributed by atoms with Gasteiger partial charge in [0.2, 0.25) is 47.3 Å². The van der Waals surface area contributed by atoms with Gasteiger partial charge in [-0.2, -0.15) is 0 Å². The first-order valence-electron chi connectivity index (χ1n) is 22.4. The standard InChI is InChI=1S/C45H64N8O14/c1-3-24(2)41-36(59)17-26(6-12-37(46)60)43(65)51-34(19-38(47)61)35(58)18-28(45(67)53(30-7-8-30)22-33(57)16-29(23-54)42(64)50-21-39(48)62)20-49-40(63)13-11-32(56)15-27(44(66)52-41)14-25-4-9-31(55)10-5-25/h4-5,9-10,24,26-30,34,41,54-55H,3,6-8,11-23H2,1-2H3,(H2,46,60)(H2,47,61)(H2,48,62)(H,49,63)(H,50,64)(H,51,65)(H,52,66)/t24-,26+,27+,28-,29-,34-,41-/m0/s1. The molecule has 0 radical (unpaired) electrons. The zero-order chi connectivity index (χ0) is 50.0. The van der Waals surface area contributed by atoms with Crippen molar-refractivity contribution in [2.45, 2.75) is 115 Å². The van der Waals surface area contributed by atoms with Crippen LogP contribution in [-0.4, -0.2) is 130 Å². The lowest BCUT2D eigenvalue weighted by atomic mass is 9.86. The third kappa shape index (κ3) is 18.7. The maximum atomic E-state index is 14.4. The summed E-state index contributed by atoms with van der Waals surface area (Å²) >= 11 is 0. The summed E-state index contributed by atoms with van der Waals surface area (Å²) in [5.41, 5.74) is 16.5. The minimum atomic E-state index is -1.68. The highest BCUT2D eigenvalue weighted by atomic mass is 16.3. The minimum Gasteiger partial charge on any atom is -0.508 e. The lowest BCUT2D eigenvalue weighted by molar-refractivity contribution is -0.142. The molecule has 0 bridgehead atoms. The number of hydrogen-bond acceptors (Lipinski definition) is 14. The first-order valence-corrected chi connectivity index (χ1v) is 22.4. The number of rotatable bonds is 19. The van der Waals surface area contributed by atoms with E-state index in [1.165, 1.54) is 17.0 Å². The van der Waals surface area contributed by atoms with Crippen LogP contribution < -0.4 is 38.5 Å². The highest BCUT2D eigenvalue weighted by molar-refractivity contribution is 5.99. The van der Waals surface area contributed by atoms with Gasteiger partial charge in [-0.3, -0.25) is 57.5 Å². The van der Waals surface area contributed by atoms with Crippen LogP contribution in [0.2, 0.25) is 0 Å². The molecule has 1 aliphatic heterocycles. The number of amides is 8. The molecule has 1 aromatic carbocycles. The number of aromatic hydroxyl groups is 1. The second-order valence-corrected chi connectivity index (χ2v) is 17.5. The Hall–Kier alpha value is -6.58. The molecule has 368 valence electrons. The molecule has 3 rings (SSSR count). The topological polar surface area (TPSA) is 375 Å². The van der Waals surface area contributed by atoms with Crippen molar-refractivity contribution in [3.05, 3.63) is 29.8 Å². The number of carbonyl (C=O) groups excluding carboxylic acids is 12. The molecule has 67 heavy (non-hydrogen) atoms. The van der Waals surface area contributed by atoms with Gasteiger partial charge in [0, 0.05) is 69.4 Å². The van der Waals surface area contributed by atoms with Gasteiger partial charge in [0.25, 0.3) is 0 Å². The number of nitrogens with two attached hydrogens (primary N) is 3. The van der Waals surface area contributed by atoms with Crippen LogP contribution in [-0.2, 0) is 64.0 Å². The van der Waals surface area contributed by atoms with Crippen molar-refractivity contribution in [1.29, 1.82) is 0 Å². The molecule has 2 aliphatic rings. The highest BCUT2D eigenvalue weighted by Gasteiger charge is 2.40. The molecule has 1 saturated carbocycles. The fourth-order valence-corrected chi connectivity index (χ4v) is 7.65. The summed E-state index contributed by atoms with van der Waals surface area (Å²) in [7, 11) is 0. The van der Waals surface area contributed by atoms with Crippen molar-refractivity contribution < 1.29 is 67.7 Å². The number of nitrogens with one attached hydrogen (secondary N) is 4. The Balaban J connectivity index is 2.04. The van der Waals surface area contributed by atoms with E-state index < -0.39 is 176 Å². The molecular formula is C45H64N8O14. The molecule has 8 amide bonds. The molecule has 22 nitrogen and oxygen atoms in total. The smallest absolute Gasteiger partial charge is 0.236 e. The van der Waals surface area contributed by atoms with E-state index in [1.54, 1.807) is 26.0 Å². The molecule has 1 aromatic rings. The zero-order valence-electron chi connectivity index (χ0n) is 37.9. The summed E-state index contributed by atoms with van der Waals surface area (Å²) in [5.74, 6) is -15.1. The highest BCUT2D eigenvalue weighted by Crippen LogP contribution is 2.30. The molecular weight excluding hydrogens is 877 g/mol. The van der Waals surface area contributed by atoms with Crippen molar-refractivity contribution in [3.63, 3.8) is 0 Å². The second-order valence-electron chi connectivity index (χ2n) is 17.5. The summed E-state index contributed by atoms with van der Waals surface area (Å²) < 4.78 is 0. The van der Waals surface area contributed by atoms with Crippen LogP contribution >= 0.6 is 0 Å². The number of ketones is 4. The van der Waals surface area contributed by atoms with E-state index >= 15 is 0 Å². The van der Waals surface area contributed by atoms with Crippen LogP contribution in [0.1, 0.15) is 96.5 Å². The predicted octanol–water partition coefficient (Wildman–Crippen LogP) is -2.11. The van der Waals surface area contributed by atoms with Gasteiger partial charge in [-0.15, -0.1) is 0 Å². The summed E-state index contributed by atoms with van der Waals surface area (Å²) in [6, 6.07) is 2.55. The Morgan fingerprint density at radius 2 is 1.49 bits per heavy atom. The number of Topliss-reactive ketones (excluding diaryl/α,β-unsaturated/α-hetero) is 4. The summed E-state index contributed by atoms with van der Waals surface area (Å²) in [5, 5.41) is 29.6. The van der Waals surface area contributed by atoms with Crippen molar-refractivity contribution in [1.82, 2.24) is 26.2 Å². The van der Waals surface area contributed by atoms with Gasteiger partial charge in [0.1, 0.15) is 11.5 Å². The Morgan fingerprint density at radius 1 is 0.836 bits per heavy atom. The van der Waals surface area contributed by atoms with Gasteiger partial charge < -0.3 is 53.6 Å². The number of carbonyl (C=O) groups is 12. The molecule has 7 atom stereocenters. The zero-order valence-corrected chi connectivity index (χ0v) is 37.9. The first kappa shape index (κ1) is 54.8.